The second-order valence-electron chi connectivity index (χ2n) is 3.71. The van der Waals surface area contributed by atoms with Crippen molar-refractivity contribution >= 4 is 9.85 Å². The molecule has 0 spiro atoms. The van der Waals surface area contributed by atoms with Crippen LogP contribution in [0.3, 0.4) is 0 Å². The molecule has 0 N–H and O–H groups in total. The average molecular weight is 228 g/mol. The maximum atomic E-state index is 12.6. The van der Waals surface area contributed by atoms with Gasteiger partial charge in [0.15, 0.2) is 0 Å². The predicted octanol–water partition coefficient (Wildman–Crippen LogP) is 3.83. The summed E-state index contributed by atoms with van der Waals surface area (Å²) in [7, 11) is -0.511. The molecule has 0 unspecified atom stereocenters. The zero-order chi connectivity index (χ0) is 11.2. The number of benzene rings is 2. The van der Waals surface area contributed by atoms with Crippen LogP contribution in [-0.2, 0) is 0 Å². The molecule has 0 saturated carbocycles. The minimum atomic E-state index is -0.511. The predicted molar refractivity (Wildman–Crippen MR) is 66.4 cm³/mol. The van der Waals surface area contributed by atoms with Crippen LogP contribution in [-0.4, -0.2) is 9.85 Å². The first-order valence-corrected chi connectivity index (χ1v) is 6.43. The Labute approximate surface area is 98.1 Å². The average Bonchev–Trinajstić information content (AvgIpc) is 2.38. The molecule has 0 aromatic heterocycles. The Balaban J connectivity index is 2.31. The van der Waals surface area contributed by atoms with Crippen LogP contribution in [0.25, 0.3) is 0 Å². The molecule has 0 bridgehead atoms. The molecule has 0 fully saturated rings. The van der Waals surface area contributed by atoms with Crippen molar-refractivity contribution in [1.82, 2.24) is 0 Å². The summed E-state index contributed by atoms with van der Waals surface area (Å²) in [5, 5.41) is 0. The van der Waals surface area contributed by atoms with E-state index in [0.29, 0.717) is 6.04 Å². The lowest BCUT2D eigenvalue weighted by Gasteiger charge is -2.15. The first-order valence-electron chi connectivity index (χ1n) is 5.35. The molecule has 0 heterocycles. The molecule has 16 heavy (non-hydrogen) atoms. The minimum Gasteiger partial charge on any atom is -0.315 e. The van der Waals surface area contributed by atoms with E-state index in [1.807, 2.05) is 36.4 Å². The fourth-order valence-electron chi connectivity index (χ4n) is 1.88. The van der Waals surface area contributed by atoms with Crippen LogP contribution >= 0.6 is 0 Å². The van der Waals surface area contributed by atoms with E-state index in [9.17, 15) is 4.11 Å². The van der Waals surface area contributed by atoms with Gasteiger partial charge in [-0.25, -0.2) is 0 Å². The Bertz CT molecular complexity index is 374. The van der Waals surface area contributed by atoms with Crippen LogP contribution in [0.5, 0.6) is 0 Å². The van der Waals surface area contributed by atoms with Gasteiger partial charge in [-0.3, -0.25) is 0 Å². The van der Waals surface area contributed by atoms with Crippen molar-refractivity contribution in [3.63, 3.8) is 0 Å². The monoisotopic (exact) mass is 228 g/mol. The Hall–Kier alpha value is -1.41. The topological polar surface area (TPSA) is 0 Å². The van der Waals surface area contributed by atoms with Crippen molar-refractivity contribution in [3.8, 4) is 0 Å². The van der Waals surface area contributed by atoms with Gasteiger partial charge in [0, 0.05) is 5.92 Å². The lowest BCUT2D eigenvalue weighted by atomic mass is 9.93. The largest absolute Gasteiger partial charge is 0.315 e. The molecule has 2 aromatic rings. The standard InChI is InChI=1S/C14H13FSi/c15-16-11-14(12-7-3-1-4-8-12)13-9-5-2-6-10-13/h1-10,14H,11H2. The van der Waals surface area contributed by atoms with Gasteiger partial charge in [0.2, 0.25) is 0 Å². The van der Waals surface area contributed by atoms with Crippen molar-refractivity contribution in [3.05, 3.63) is 71.8 Å². The summed E-state index contributed by atoms with van der Waals surface area (Å²) in [6.07, 6.45) is 0. The molecule has 2 radical (unpaired) electrons. The third kappa shape index (κ3) is 2.58. The van der Waals surface area contributed by atoms with E-state index >= 15 is 0 Å². The number of hydrogen-bond acceptors (Lipinski definition) is 0. The van der Waals surface area contributed by atoms with E-state index in [-0.39, 0.29) is 5.92 Å². The molecule has 2 aromatic carbocycles. The molecule has 2 rings (SSSR count). The smallest absolute Gasteiger partial charge is 0.295 e. The first kappa shape index (κ1) is 11.1. The molecular weight excluding hydrogens is 215 g/mol. The molecule has 0 atom stereocenters. The van der Waals surface area contributed by atoms with Crippen molar-refractivity contribution < 1.29 is 4.11 Å². The molecule has 0 aliphatic heterocycles. The molecular formula is C14H13FSi. The van der Waals surface area contributed by atoms with Crippen LogP contribution in [0.1, 0.15) is 17.0 Å². The van der Waals surface area contributed by atoms with Gasteiger partial charge in [-0.2, -0.15) is 0 Å². The van der Waals surface area contributed by atoms with Crippen LogP contribution in [0, 0.1) is 0 Å². The highest BCUT2D eigenvalue weighted by Crippen LogP contribution is 2.27. The first-order chi connectivity index (χ1) is 7.92. The number of rotatable bonds is 4. The summed E-state index contributed by atoms with van der Waals surface area (Å²) in [5.74, 6) is 0.186. The van der Waals surface area contributed by atoms with Gasteiger partial charge >= 0.3 is 0 Å². The fourth-order valence-corrected chi connectivity index (χ4v) is 2.50. The van der Waals surface area contributed by atoms with Gasteiger partial charge in [0.1, 0.15) is 0 Å². The summed E-state index contributed by atoms with van der Waals surface area (Å²) in [5.41, 5.74) is 2.39. The third-order valence-electron chi connectivity index (χ3n) is 2.69. The second-order valence-corrected chi connectivity index (χ2v) is 4.39. The molecule has 0 aliphatic rings. The summed E-state index contributed by atoms with van der Waals surface area (Å²) in [6.45, 7) is 0. The highest BCUT2D eigenvalue weighted by molar-refractivity contribution is 6.26. The Morgan fingerprint density at radius 3 is 1.62 bits per heavy atom. The maximum Gasteiger partial charge on any atom is 0.295 e. The van der Waals surface area contributed by atoms with Crippen LogP contribution in [0.15, 0.2) is 60.7 Å². The van der Waals surface area contributed by atoms with Crippen molar-refractivity contribution in [2.45, 2.75) is 12.0 Å². The zero-order valence-electron chi connectivity index (χ0n) is 8.94. The Morgan fingerprint density at radius 1 is 0.812 bits per heavy atom. The molecule has 0 saturated heterocycles. The highest BCUT2D eigenvalue weighted by Gasteiger charge is 2.13. The van der Waals surface area contributed by atoms with Crippen molar-refractivity contribution in [2.24, 2.45) is 0 Å². The van der Waals surface area contributed by atoms with E-state index in [1.165, 1.54) is 11.1 Å². The van der Waals surface area contributed by atoms with Gasteiger partial charge in [-0.1, -0.05) is 60.7 Å². The van der Waals surface area contributed by atoms with Crippen LogP contribution < -0.4 is 0 Å². The fraction of sp³-hybridized carbons (Fsp3) is 0.143. The quantitative estimate of drug-likeness (QED) is 0.551. The summed E-state index contributed by atoms with van der Waals surface area (Å²) < 4.78 is 12.6. The van der Waals surface area contributed by atoms with Crippen LogP contribution in [0.2, 0.25) is 6.04 Å². The Kier molecular flexibility index (Phi) is 3.89. The highest BCUT2D eigenvalue weighted by atomic mass is 28.3. The zero-order valence-corrected chi connectivity index (χ0v) is 9.94. The molecule has 0 nitrogen and oxygen atoms in total. The van der Waals surface area contributed by atoms with E-state index in [1.54, 1.807) is 0 Å². The molecule has 0 amide bonds. The van der Waals surface area contributed by atoms with Gasteiger partial charge in [0.05, 0.1) is 0 Å². The lowest BCUT2D eigenvalue weighted by molar-refractivity contribution is 0.814. The van der Waals surface area contributed by atoms with Crippen molar-refractivity contribution in [2.75, 3.05) is 0 Å². The normalized spacial score (nSPS) is 10.6. The lowest BCUT2D eigenvalue weighted by Crippen LogP contribution is -2.02. The SMILES string of the molecule is F[Si]CC(c1ccccc1)c1ccccc1. The number of hydrogen-bond donors (Lipinski definition) is 0. The van der Waals surface area contributed by atoms with E-state index in [2.05, 4.69) is 24.3 Å². The second kappa shape index (κ2) is 5.61. The number of halogens is 1. The van der Waals surface area contributed by atoms with Gasteiger partial charge in [0.25, 0.3) is 9.85 Å². The minimum absolute atomic E-state index is 0.186. The summed E-state index contributed by atoms with van der Waals surface area (Å²) in [4.78, 5) is 0. The molecule has 0 aliphatic carbocycles. The van der Waals surface area contributed by atoms with E-state index in [0.717, 1.165) is 0 Å². The third-order valence-corrected chi connectivity index (χ3v) is 3.25. The van der Waals surface area contributed by atoms with E-state index < -0.39 is 9.85 Å². The van der Waals surface area contributed by atoms with E-state index in [4.69, 9.17) is 0 Å². The molecule has 80 valence electrons. The van der Waals surface area contributed by atoms with Gasteiger partial charge in [-0.05, 0) is 17.2 Å². The van der Waals surface area contributed by atoms with Gasteiger partial charge < -0.3 is 4.11 Å². The molecule has 2 heteroatoms. The van der Waals surface area contributed by atoms with Gasteiger partial charge in [-0.15, -0.1) is 0 Å². The van der Waals surface area contributed by atoms with Crippen LogP contribution in [0.4, 0.5) is 4.11 Å². The van der Waals surface area contributed by atoms with Crippen molar-refractivity contribution in [1.29, 1.82) is 0 Å². The Morgan fingerprint density at radius 2 is 1.25 bits per heavy atom. The maximum absolute atomic E-state index is 12.6. The summed E-state index contributed by atoms with van der Waals surface area (Å²) >= 11 is 0. The summed E-state index contributed by atoms with van der Waals surface area (Å²) in [6, 6.07) is 20.9.